The van der Waals surface area contributed by atoms with E-state index in [9.17, 15) is 13.2 Å². The summed E-state index contributed by atoms with van der Waals surface area (Å²) in [5.74, 6) is 0.116. The van der Waals surface area contributed by atoms with Gasteiger partial charge in [-0.2, -0.15) is 8.42 Å². The number of benzene rings is 2. The number of esters is 1. The average molecular weight is 417 g/mol. The molecule has 2 unspecified atom stereocenters. The fourth-order valence-corrected chi connectivity index (χ4v) is 4.77. The molecule has 0 heterocycles. The van der Waals surface area contributed by atoms with Crippen molar-refractivity contribution < 1.29 is 22.5 Å². The molecule has 2 aromatic carbocycles. The van der Waals surface area contributed by atoms with E-state index < -0.39 is 10.1 Å². The topological polar surface area (TPSA) is 80.7 Å². The van der Waals surface area contributed by atoms with Crippen LogP contribution in [0.15, 0.2) is 47.4 Å². The lowest BCUT2D eigenvalue weighted by molar-refractivity contribution is -0.145. The van der Waals surface area contributed by atoms with Gasteiger partial charge in [0.15, 0.2) is 0 Å². The zero-order valence-corrected chi connectivity index (χ0v) is 18.0. The van der Waals surface area contributed by atoms with Crippen LogP contribution < -0.4 is 0 Å². The molecule has 0 amide bonds. The first-order chi connectivity index (χ1) is 13.7. The van der Waals surface area contributed by atoms with E-state index in [1.54, 1.807) is 12.1 Å². The van der Waals surface area contributed by atoms with E-state index in [1.807, 2.05) is 13.8 Å². The number of ether oxygens (including phenoxy) is 1. The number of carbonyl (C=O) groups is 1. The molecule has 0 aromatic heterocycles. The number of hydrogen-bond donors (Lipinski definition) is 1. The molecule has 1 saturated carbocycles. The Morgan fingerprint density at radius 2 is 1.79 bits per heavy atom. The first kappa shape index (κ1) is 21.5. The van der Waals surface area contributed by atoms with Crippen LogP contribution in [0.1, 0.15) is 48.4 Å². The summed E-state index contributed by atoms with van der Waals surface area (Å²) in [5.41, 5.74) is 5.26. The number of carbonyl (C=O) groups excluding carboxylic acids is 1. The van der Waals surface area contributed by atoms with E-state index in [0.29, 0.717) is 6.61 Å². The minimum atomic E-state index is -4.02. The molecular formula is C23H28O5S. The Kier molecular flexibility index (Phi) is 6.15. The quantitative estimate of drug-likeness (QED) is 0.593. The van der Waals surface area contributed by atoms with E-state index in [2.05, 4.69) is 25.1 Å². The highest BCUT2D eigenvalue weighted by Crippen LogP contribution is 2.60. The third-order valence-corrected chi connectivity index (χ3v) is 6.70. The van der Waals surface area contributed by atoms with E-state index in [0.717, 1.165) is 24.8 Å². The van der Waals surface area contributed by atoms with Crippen LogP contribution in [0.2, 0.25) is 0 Å². The Hall–Kier alpha value is -2.18. The summed E-state index contributed by atoms with van der Waals surface area (Å²) in [4.78, 5) is 11.9. The van der Waals surface area contributed by atoms with Gasteiger partial charge in [0.25, 0.3) is 10.1 Å². The highest BCUT2D eigenvalue weighted by Gasteiger charge is 2.60. The van der Waals surface area contributed by atoms with Crippen molar-refractivity contribution in [1.29, 1.82) is 0 Å². The Morgan fingerprint density at radius 3 is 2.41 bits per heavy atom. The number of aryl methyl sites for hydroxylation is 3. The van der Waals surface area contributed by atoms with Crippen molar-refractivity contribution in [1.82, 2.24) is 0 Å². The van der Waals surface area contributed by atoms with Crippen LogP contribution in [0, 0.1) is 19.8 Å². The second-order valence-electron chi connectivity index (χ2n) is 7.97. The fourth-order valence-electron chi connectivity index (χ4n) is 4.29. The maximum absolute atomic E-state index is 11.9. The van der Waals surface area contributed by atoms with Crippen LogP contribution in [-0.2, 0) is 31.5 Å². The Balaban J connectivity index is 0.000000188. The van der Waals surface area contributed by atoms with E-state index >= 15 is 0 Å². The predicted molar refractivity (Wildman–Crippen MR) is 112 cm³/mol. The molecule has 4 rings (SSSR count). The predicted octanol–water partition coefficient (Wildman–Crippen LogP) is 4.39. The normalized spacial score (nSPS) is 22.3. The summed E-state index contributed by atoms with van der Waals surface area (Å²) < 4.78 is 34.7. The second-order valence-corrected chi connectivity index (χ2v) is 9.39. The minimum Gasteiger partial charge on any atom is -0.466 e. The molecule has 1 N–H and O–H groups in total. The third kappa shape index (κ3) is 4.70. The lowest BCUT2D eigenvalue weighted by Crippen LogP contribution is -2.22. The van der Waals surface area contributed by atoms with Crippen LogP contribution in [0.3, 0.4) is 0 Å². The van der Waals surface area contributed by atoms with Crippen LogP contribution in [0.4, 0.5) is 0 Å². The summed E-state index contributed by atoms with van der Waals surface area (Å²) in [5, 5.41) is 0. The summed E-state index contributed by atoms with van der Waals surface area (Å²) >= 11 is 0. The van der Waals surface area contributed by atoms with Crippen LogP contribution in [-0.4, -0.2) is 25.5 Å². The molecule has 2 aliphatic carbocycles. The van der Waals surface area contributed by atoms with Gasteiger partial charge in [0.05, 0.1) is 17.4 Å². The zero-order chi connectivity index (χ0) is 21.2. The van der Waals surface area contributed by atoms with Gasteiger partial charge in [-0.3, -0.25) is 9.35 Å². The van der Waals surface area contributed by atoms with Crippen molar-refractivity contribution in [3.8, 4) is 0 Å². The van der Waals surface area contributed by atoms with Gasteiger partial charge in [0.2, 0.25) is 0 Å². The summed E-state index contributed by atoms with van der Waals surface area (Å²) in [6.45, 7) is 6.35. The largest absolute Gasteiger partial charge is 0.466 e. The van der Waals surface area contributed by atoms with Gasteiger partial charge in [-0.05, 0) is 69.7 Å². The van der Waals surface area contributed by atoms with Crippen LogP contribution >= 0.6 is 0 Å². The summed E-state index contributed by atoms with van der Waals surface area (Å²) in [6.07, 6.45) is 4.50. The smallest absolute Gasteiger partial charge is 0.309 e. The molecule has 0 aliphatic heterocycles. The monoisotopic (exact) mass is 416 g/mol. The fraction of sp³-hybridized carbons (Fsp3) is 0.435. The Bertz CT molecular complexity index is 994. The molecular weight excluding hydrogens is 388 g/mol. The minimum absolute atomic E-state index is 0.00549. The van der Waals surface area contributed by atoms with Gasteiger partial charge in [-0.25, -0.2) is 0 Å². The molecule has 2 aromatic rings. The van der Waals surface area contributed by atoms with Crippen molar-refractivity contribution >= 4 is 16.1 Å². The van der Waals surface area contributed by atoms with Gasteiger partial charge in [-0.15, -0.1) is 0 Å². The maximum atomic E-state index is 11.9. The molecule has 2 atom stereocenters. The standard InChI is InChI=1S/C16H20O2.C7H8O3S/c1-3-18-15(17)14-10-16(14)8-4-5-12-9-11(2)6-7-13(12)16;1-6-2-4-7(5-3-6)11(8,9)10/h6-7,9,14H,3-5,8,10H2,1-2H3;2-5H,1H3,(H,8,9,10). The van der Waals surface area contributed by atoms with Gasteiger partial charge in [0.1, 0.15) is 0 Å². The number of fused-ring (bicyclic) bond motifs is 2. The van der Waals surface area contributed by atoms with Crippen LogP contribution in [0.5, 0.6) is 0 Å². The highest BCUT2D eigenvalue weighted by molar-refractivity contribution is 7.85. The summed E-state index contributed by atoms with van der Waals surface area (Å²) in [7, 11) is -4.02. The first-order valence-corrected chi connectivity index (χ1v) is 11.4. The lowest BCUT2D eigenvalue weighted by atomic mass is 9.78. The maximum Gasteiger partial charge on any atom is 0.309 e. The van der Waals surface area contributed by atoms with Gasteiger partial charge in [0, 0.05) is 5.41 Å². The molecule has 1 spiro atoms. The number of rotatable bonds is 3. The lowest BCUT2D eigenvalue weighted by Gasteiger charge is -2.26. The number of hydrogen-bond acceptors (Lipinski definition) is 4. The Labute approximate surface area is 172 Å². The Morgan fingerprint density at radius 1 is 1.14 bits per heavy atom. The SMILES string of the molecule is CCOC(=O)C1CC12CCCc1cc(C)ccc12.Cc1ccc(S(=O)(=O)O)cc1. The van der Waals surface area contributed by atoms with Crippen molar-refractivity contribution in [2.24, 2.45) is 5.92 Å². The molecule has 5 nitrogen and oxygen atoms in total. The highest BCUT2D eigenvalue weighted by atomic mass is 32.2. The molecule has 0 saturated heterocycles. The second kappa shape index (κ2) is 8.28. The van der Waals surface area contributed by atoms with Gasteiger partial charge in [-0.1, -0.05) is 41.5 Å². The van der Waals surface area contributed by atoms with E-state index in [4.69, 9.17) is 9.29 Å². The molecule has 2 aliphatic rings. The average Bonchev–Trinajstić information content (AvgIpc) is 3.37. The molecule has 0 radical (unpaired) electrons. The molecule has 156 valence electrons. The van der Waals surface area contributed by atoms with Crippen molar-refractivity contribution in [3.63, 3.8) is 0 Å². The van der Waals surface area contributed by atoms with E-state index in [-0.39, 0.29) is 22.2 Å². The van der Waals surface area contributed by atoms with Gasteiger partial charge >= 0.3 is 5.97 Å². The van der Waals surface area contributed by atoms with Crippen molar-refractivity contribution in [2.75, 3.05) is 6.61 Å². The van der Waals surface area contributed by atoms with Crippen LogP contribution in [0.25, 0.3) is 0 Å². The molecule has 1 fully saturated rings. The summed E-state index contributed by atoms with van der Waals surface area (Å²) in [6, 6.07) is 12.7. The zero-order valence-electron chi connectivity index (χ0n) is 17.1. The molecule has 0 bridgehead atoms. The molecule has 29 heavy (non-hydrogen) atoms. The van der Waals surface area contributed by atoms with Crippen molar-refractivity contribution in [2.45, 2.75) is 56.8 Å². The third-order valence-electron chi connectivity index (χ3n) is 5.83. The van der Waals surface area contributed by atoms with Crippen molar-refractivity contribution in [3.05, 3.63) is 64.7 Å². The van der Waals surface area contributed by atoms with E-state index in [1.165, 1.54) is 35.2 Å². The first-order valence-electron chi connectivity index (χ1n) is 9.98. The molecule has 6 heteroatoms. The van der Waals surface area contributed by atoms with Gasteiger partial charge < -0.3 is 4.74 Å².